The first-order valence-corrected chi connectivity index (χ1v) is 10.7. The molecule has 0 aliphatic heterocycles. The second-order valence-corrected chi connectivity index (χ2v) is 8.61. The number of benzene rings is 3. The van der Waals surface area contributed by atoms with Crippen LogP contribution in [-0.4, -0.2) is 21.0 Å². The van der Waals surface area contributed by atoms with Crippen LogP contribution in [0.3, 0.4) is 0 Å². The zero-order valence-electron chi connectivity index (χ0n) is 17.0. The average molecular weight is 456 g/mol. The van der Waals surface area contributed by atoms with Gasteiger partial charge in [-0.1, -0.05) is 30.3 Å². The van der Waals surface area contributed by atoms with E-state index in [1.165, 1.54) is 23.9 Å². The third-order valence-corrected chi connectivity index (χ3v) is 6.43. The van der Waals surface area contributed by atoms with Gasteiger partial charge in [0.1, 0.15) is 0 Å². The van der Waals surface area contributed by atoms with Crippen LogP contribution in [0.5, 0.6) is 0 Å². The smallest absolute Gasteiger partial charge is 0.416 e. The predicted octanol–water partition coefficient (Wildman–Crippen LogP) is 6.40. The monoisotopic (exact) mass is 456 g/mol. The van der Waals surface area contributed by atoms with Crippen LogP contribution in [0.2, 0.25) is 0 Å². The molecule has 2 N–H and O–H groups in total. The lowest BCUT2D eigenvalue weighted by atomic mass is 9.96. The van der Waals surface area contributed by atoms with Gasteiger partial charge in [-0.2, -0.15) is 13.2 Å². The molecule has 0 spiro atoms. The van der Waals surface area contributed by atoms with Crippen molar-refractivity contribution >= 4 is 28.8 Å². The summed E-state index contributed by atoms with van der Waals surface area (Å²) < 4.78 is 40.5. The van der Waals surface area contributed by atoms with Crippen LogP contribution in [0.4, 0.5) is 13.2 Å². The summed E-state index contributed by atoms with van der Waals surface area (Å²) in [5.74, 6) is -0.946. The Hall–Kier alpha value is -3.26. The Morgan fingerprint density at radius 1 is 1.09 bits per heavy atom. The Balaban J connectivity index is 1.86. The highest BCUT2D eigenvalue weighted by Crippen LogP contribution is 2.45. The molecule has 8 heteroatoms. The minimum absolute atomic E-state index is 0.128. The van der Waals surface area contributed by atoms with Gasteiger partial charge in [0.2, 0.25) is 0 Å². The number of aliphatic carboxylic acids is 1. The van der Waals surface area contributed by atoms with Crippen molar-refractivity contribution in [1.29, 1.82) is 0 Å². The fraction of sp³-hybridized carbons (Fsp3) is 0.167. The van der Waals surface area contributed by atoms with Crippen molar-refractivity contribution in [3.63, 3.8) is 0 Å². The maximum Gasteiger partial charge on any atom is 0.416 e. The number of aryl methyl sites for hydroxylation is 1. The van der Waals surface area contributed by atoms with E-state index in [-0.39, 0.29) is 6.42 Å². The zero-order chi connectivity index (χ0) is 22.9. The predicted molar refractivity (Wildman–Crippen MR) is 118 cm³/mol. The van der Waals surface area contributed by atoms with Gasteiger partial charge in [0.15, 0.2) is 0 Å². The maximum atomic E-state index is 13.5. The highest BCUT2D eigenvalue weighted by molar-refractivity contribution is 7.99. The van der Waals surface area contributed by atoms with Crippen LogP contribution in [0.1, 0.15) is 33.1 Å². The minimum atomic E-state index is -4.46. The molecule has 1 aromatic heterocycles. The number of rotatable bonds is 6. The molecule has 1 atom stereocenters. The number of H-pyrrole nitrogens is 1. The Morgan fingerprint density at radius 2 is 1.88 bits per heavy atom. The molecule has 0 saturated heterocycles. The molecule has 4 aromatic rings. The number of carboxylic acid groups (broad SMARTS) is 1. The van der Waals surface area contributed by atoms with Crippen LogP contribution in [-0.2, 0) is 17.4 Å². The van der Waals surface area contributed by atoms with Crippen LogP contribution in [0.15, 0.2) is 71.9 Å². The largest absolute Gasteiger partial charge is 0.481 e. The van der Waals surface area contributed by atoms with E-state index in [9.17, 15) is 18.0 Å². The first-order valence-electron chi connectivity index (χ1n) is 9.79. The molecule has 3 aromatic carbocycles. The molecule has 0 fully saturated rings. The van der Waals surface area contributed by atoms with Gasteiger partial charge in [-0.25, -0.2) is 4.98 Å². The summed E-state index contributed by atoms with van der Waals surface area (Å²) in [4.78, 5) is 19.3. The number of fused-ring (bicyclic) bond motifs is 1. The van der Waals surface area contributed by atoms with Crippen LogP contribution < -0.4 is 0 Å². The van der Waals surface area contributed by atoms with Crippen molar-refractivity contribution in [3.05, 3.63) is 94.8 Å². The molecule has 1 unspecified atom stereocenters. The number of carbonyl (C=O) groups is 1. The number of carboxylic acids is 1. The van der Waals surface area contributed by atoms with Gasteiger partial charge in [-0.3, -0.25) is 4.79 Å². The van der Waals surface area contributed by atoms with Gasteiger partial charge in [-0.05, 0) is 59.5 Å². The fourth-order valence-corrected chi connectivity index (χ4v) is 4.98. The summed E-state index contributed by atoms with van der Waals surface area (Å²) in [6, 6.07) is 16.4. The average Bonchev–Trinajstić information content (AvgIpc) is 3.21. The minimum Gasteiger partial charge on any atom is -0.481 e. The Kier molecular flexibility index (Phi) is 5.97. The standard InChI is InChI=1S/C24H19F3N2O2S/c1-14-8-9-16(24(25,26)27)12-19(14)23(18-6-3-7-20-22(18)29-13-28-20)32-17-5-2-4-15(10-17)11-21(30)31/h2-10,12-13,23H,11H2,1H3,(H,28,29)(H,30,31). The van der Waals surface area contributed by atoms with Crippen LogP contribution in [0.25, 0.3) is 11.0 Å². The normalized spacial score (nSPS) is 12.8. The maximum absolute atomic E-state index is 13.5. The van der Waals surface area contributed by atoms with E-state index in [4.69, 9.17) is 5.11 Å². The van der Waals surface area contributed by atoms with E-state index in [1.54, 1.807) is 31.5 Å². The quantitative estimate of drug-likeness (QED) is 0.330. The van der Waals surface area contributed by atoms with Crippen molar-refractivity contribution in [2.45, 2.75) is 29.7 Å². The number of aromatic amines is 1. The lowest BCUT2D eigenvalue weighted by Crippen LogP contribution is -2.08. The third-order valence-electron chi connectivity index (χ3n) is 5.16. The molecular formula is C24H19F3N2O2S. The van der Waals surface area contributed by atoms with Gasteiger partial charge in [0, 0.05) is 4.90 Å². The van der Waals surface area contributed by atoms with Crippen molar-refractivity contribution in [3.8, 4) is 0 Å². The highest BCUT2D eigenvalue weighted by Gasteiger charge is 2.32. The van der Waals surface area contributed by atoms with Gasteiger partial charge in [0.05, 0.1) is 34.6 Å². The first kappa shape index (κ1) is 22.0. The molecule has 4 nitrogen and oxygen atoms in total. The molecule has 0 aliphatic carbocycles. The number of halogens is 3. The molecule has 0 amide bonds. The summed E-state index contributed by atoms with van der Waals surface area (Å²) in [5.41, 5.74) is 3.42. The van der Waals surface area contributed by atoms with Crippen LogP contribution >= 0.6 is 11.8 Å². The number of nitrogens with one attached hydrogen (secondary N) is 1. The molecular weight excluding hydrogens is 437 g/mol. The molecule has 0 radical (unpaired) electrons. The topological polar surface area (TPSA) is 66.0 Å². The van der Waals surface area contributed by atoms with Crippen LogP contribution in [0, 0.1) is 6.92 Å². The number of alkyl halides is 3. The Morgan fingerprint density at radius 3 is 2.62 bits per heavy atom. The zero-order valence-corrected chi connectivity index (χ0v) is 17.8. The van der Waals surface area contributed by atoms with Crippen molar-refractivity contribution in [2.24, 2.45) is 0 Å². The van der Waals surface area contributed by atoms with Gasteiger partial charge in [-0.15, -0.1) is 11.8 Å². The van der Waals surface area contributed by atoms with E-state index in [0.717, 1.165) is 27.6 Å². The van der Waals surface area contributed by atoms with Gasteiger partial charge >= 0.3 is 12.1 Å². The summed E-state index contributed by atoms with van der Waals surface area (Å²) in [6.07, 6.45) is -3.03. The summed E-state index contributed by atoms with van der Waals surface area (Å²) in [6.45, 7) is 1.79. The molecule has 32 heavy (non-hydrogen) atoms. The van der Waals surface area contributed by atoms with Gasteiger partial charge < -0.3 is 10.1 Å². The lowest BCUT2D eigenvalue weighted by Gasteiger charge is -2.22. The third kappa shape index (κ3) is 4.65. The van der Waals surface area contributed by atoms with E-state index >= 15 is 0 Å². The van der Waals surface area contributed by atoms with E-state index in [0.29, 0.717) is 16.6 Å². The van der Waals surface area contributed by atoms with E-state index < -0.39 is 23.0 Å². The van der Waals surface area contributed by atoms with Crippen molar-refractivity contribution in [2.75, 3.05) is 0 Å². The summed E-state index contributed by atoms with van der Waals surface area (Å²) in [5, 5.41) is 8.63. The number of thioether (sulfide) groups is 1. The van der Waals surface area contributed by atoms with E-state index in [1.807, 2.05) is 24.3 Å². The van der Waals surface area contributed by atoms with Crippen molar-refractivity contribution in [1.82, 2.24) is 9.97 Å². The highest BCUT2D eigenvalue weighted by atomic mass is 32.2. The summed E-state index contributed by atoms with van der Waals surface area (Å²) in [7, 11) is 0. The second-order valence-electron chi connectivity index (χ2n) is 7.43. The number of para-hydroxylation sites is 1. The molecule has 0 saturated carbocycles. The fourth-order valence-electron chi connectivity index (χ4n) is 3.63. The number of hydrogen-bond donors (Lipinski definition) is 2. The van der Waals surface area contributed by atoms with Crippen molar-refractivity contribution < 1.29 is 23.1 Å². The number of nitrogens with zero attached hydrogens (tertiary/aromatic N) is 1. The molecule has 164 valence electrons. The molecule has 1 heterocycles. The molecule has 4 rings (SSSR count). The van der Waals surface area contributed by atoms with Gasteiger partial charge in [0.25, 0.3) is 0 Å². The number of aromatic nitrogens is 2. The molecule has 0 aliphatic rings. The SMILES string of the molecule is Cc1ccc(C(F)(F)F)cc1C(Sc1cccc(CC(=O)O)c1)c1cccc2[nH]cnc12. The summed E-state index contributed by atoms with van der Waals surface area (Å²) >= 11 is 1.37. The lowest BCUT2D eigenvalue weighted by molar-refractivity contribution is -0.138. The number of hydrogen-bond acceptors (Lipinski definition) is 3. The Labute approximate surface area is 186 Å². The Bertz CT molecular complexity index is 1280. The van der Waals surface area contributed by atoms with E-state index in [2.05, 4.69) is 9.97 Å². The number of imidazole rings is 1. The first-order chi connectivity index (χ1) is 15.2. The second kappa shape index (κ2) is 8.70. The molecule has 0 bridgehead atoms.